The SMILES string of the molecule is C/C=C(/N)C(=O)/C(OC1CC(F)c2ccccc21)=C(/C)C=N. The fraction of sp³-hybridized carbons (Fsp3) is 0.294. The second-order valence-corrected chi connectivity index (χ2v) is 5.17. The van der Waals surface area contributed by atoms with Crippen molar-refractivity contribution in [2.75, 3.05) is 0 Å². The molecule has 1 aliphatic carbocycles. The summed E-state index contributed by atoms with van der Waals surface area (Å²) in [6, 6.07) is 7.09. The molecule has 0 spiro atoms. The summed E-state index contributed by atoms with van der Waals surface area (Å²) >= 11 is 0. The first-order valence-electron chi connectivity index (χ1n) is 7.07. The van der Waals surface area contributed by atoms with Gasteiger partial charge in [0.15, 0.2) is 5.76 Å². The average Bonchev–Trinajstić information content (AvgIpc) is 2.87. The molecular formula is C17H19FN2O2. The number of fused-ring (bicyclic) bond motifs is 1. The molecule has 1 aliphatic rings. The van der Waals surface area contributed by atoms with Gasteiger partial charge < -0.3 is 15.9 Å². The molecule has 116 valence electrons. The molecule has 3 N–H and O–H groups in total. The highest BCUT2D eigenvalue weighted by Crippen LogP contribution is 2.44. The third-order valence-electron chi connectivity index (χ3n) is 3.72. The zero-order valence-electron chi connectivity index (χ0n) is 12.6. The average molecular weight is 302 g/mol. The topological polar surface area (TPSA) is 76.2 Å². The molecule has 0 aromatic heterocycles. The van der Waals surface area contributed by atoms with Gasteiger partial charge >= 0.3 is 0 Å². The number of allylic oxidation sites excluding steroid dienone is 2. The molecule has 1 aromatic rings. The standard InChI is InChI=1S/C17H19FN2O2/c1-3-14(20)16(21)17(10(2)9-19)22-15-8-13(18)11-6-4-5-7-12(11)15/h3-7,9,13,15,19H,8,20H2,1-2H3/b14-3+,17-10+,19-9?. The van der Waals surface area contributed by atoms with E-state index in [0.29, 0.717) is 11.1 Å². The van der Waals surface area contributed by atoms with Crippen molar-refractivity contribution in [3.8, 4) is 0 Å². The van der Waals surface area contributed by atoms with Crippen molar-refractivity contribution >= 4 is 12.0 Å². The van der Waals surface area contributed by atoms with Crippen LogP contribution in [0, 0.1) is 5.41 Å². The molecule has 2 atom stereocenters. The van der Waals surface area contributed by atoms with Crippen LogP contribution >= 0.6 is 0 Å². The number of nitrogens with one attached hydrogen (secondary N) is 1. The van der Waals surface area contributed by atoms with Gasteiger partial charge in [-0.1, -0.05) is 30.3 Å². The molecule has 0 radical (unpaired) electrons. The van der Waals surface area contributed by atoms with Crippen molar-refractivity contribution in [3.63, 3.8) is 0 Å². The van der Waals surface area contributed by atoms with Gasteiger partial charge in [0.05, 0.1) is 5.70 Å². The molecular weight excluding hydrogens is 283 g/mol. The van der Waals surface area contributed by atoms with Gasteiger partial charge in [0.1, 0.15) is 12.3 Å². The Balaban J connectivity index is 2.35. The quantitative estimate of drug-likeness (QED) is 0.496. The lowest BCUT2D eigenvalue weighted by molar-refractivity contribution is -0.116. The lowest BCUT2D eigenvalue weighted by Gasteiger charge is -2.18. The second kappa shape index (κ2) is 6.56. The summed E-state index contributed by atoms with van der Waals surface area (Å²) in [5.74, 6) is -0.484. The lowest BCUT2D eigenvalue weighted by Crippen LogP contribution is -2.18. The Morgan fingerprint density at radius 2 is 2.05 bits per heavy atom. The van der Waals surface area contributed by atoms with Gasteiger partial charge in [0.25, 0.3) is 0 Å². The van der Waals surface area contributed by atoms with Crippen LogP contribution in [0.5, 0.6) is 0 Å². The van der Waals surface area contributed by atoms with E-state index in [0.717, 1.165) is 11.8 Å². The van der Waals surface area contributed by atoms with E-state index in [-0.39, 0.29) is 17.9 Å². The Bertz CT molecular complexity index is 664. The zero-order chi connectivity index (χ0) is 16.3. The van der Waals surface area contributed by atoms with Crippen LogP contribution in [0.1, 0.15) is 43.7 Å². The van der Waals surface area contributed by atoms with E-state index in [4.69, 9.17) is 15.9 Å². The van der Waals surface area contributed by atoms with Crippen LogP contribution in [0.15, 0.2) is 47.4 Å². The predicted octanol–water partition coefficient (Wildman–Crippen LogP) is 3.51. The van der Waals surface area contributed by atoms with E-state index in [9.17, 15) is 9.18 Å². The van der Waals surface area contributed by atoms with E-state index >= 15 is 0 Å². The van der Waals surface area contributed by atoms with Gasteiger partial charge in [-0.05, 0) is 25.0 Å². The minimum Gasteiger partial charge on any atom is -0.481 e. The van der Waals surface area contributed by atoms with E-state index in [1.54, 1.807) is 32.0 Å². The highest BCUT2D eigenvalue weighted by atomic mass is 19.1. The van der Waals surface area contributed by atoms with Crippen LogP contribution in [0.3, 0.4) is 0 Å². The fourth-order valence-electron chi connectivity index (χ4n) is 2.44. The Morgan fingerprint density at radius 3 is 2.64 bits per heavy atom. The van der Waals surface area contributed by atoms with Gasteiger partial charge in [0, 0.05) is 18.2 Å². The summed E-state index contributed by atoms with van der Waals surface area (Å²) in [4.78, 5) is 12.3. The molecule has 0 saturated heterocycles. The van der Waals surface area contributed by atoms with Crippen molar-refractivity contribution in [2.45, 2.75) is 32.5 Å². The Kier molecular flexibility index (Phi) is 4.75. The molecule has 0 fully saturated rings. The monoisotopic (exact) mass is 302 g/mol. The number of benzene rings is 1. The van der Waals surface area contributed by atoms with Crippen molar-refractivity contribution in [1.29, 1.82) is 5.41 Å². The fourth-order valence-corrected chi connectivity index (χ4v) is 2.44. The highest BCUT2D eigenvalue weighted by Gasteiger charge is 2.34. The summed E-state index contributed by atoms with van der Waals surface area (Å²) in [6.45, 7) is 3.24. The van der Waals surface area contributed by atoms with Crippen LogP contribution in [-0.4, -0.2) is 12.0 Å². The molecule has 0 amide bonds. The van der Waals surface area contributed by atoms with Crippen LogP contribution in [-0.2, 0) is 9.53 Å². The molecule has 22 heavy (non-hydrogen) atoms. The third-order valence-corrected chi connectivity index (χ3v) is 3.72. The van der Waals surface area contributed by atoms with Crippen LogP contribution < -0.4 is 5.73 Å². The van der Waals surface area contributed by atoms with Gasteiger partial charge in [-0.3, -0.25) is 4.79 Å². The highest BCUT2D eigenvalue weighted by molar-refractivity contribution is 6.08. The molecule has 2 unspecified atom stereocenters. The maximum Gasteiger partial charge on any atom is 0.243 e. The van der Waals surface area contributed by atoms with Crippen LogP contribution in [0.2, 0.25) is 0 Å². The van der Waals surface area contributed by atoms with Gasteiger partial charge in [-0.25, -0.2) is 4.39 Å². The van der Waals surface area contributed by atoms with Crippen molar-refractivity contribution in [2.24, 2.45) is 5.73 Å². The summed E-state index contributed by atoms with van der Waals surface area (Å²) in [7, 11) is 0. The van der Waals surface area contributed by atoms with E-state index in [1.165, 1.54) is 6.08 Å². The Hall–Kier alpha value is -2.43. The molecule has 0 heterocycles. The maximum absolute atomic E-state index is 14.1. The number of alkyl halides is 1. The summed E-state index contributed by atoms with van der Waals surface area (Å²) in [5, 5.41) is 7.34. The van der Waals surface area contributed by atoms with E-state index in [2.05, 4.69) is 0 Å². The number of Topliss-reactive ketones (excluding diaryl/α,β-unsaturated/α-hetero) is 1. The minimum absolute atomic E-state index is 0.000460. The van der Waals surface area contributed by atoms with E-state index < -0.39 is 18.1 Å². The number of nitrogens with two attached hydrogens (primary N) is 1. The number of rotatable bonds is 5. The normalized spacial score (nSPS) is 21.9. The molecule has 0 saturated carbocycles. The smallest absolute Gasteiger partial charge is 0.243 e. The number of carbonyl (C=O) groups excluding carboxylic acids is 1. The minimum atomic E-state index is -1.11. The van der Waals surface area contributed by atoms with Crippen LogP contribution in [0.4, 0.5) is 4.39 Å². The third kappa shape index (κ3) is 2.93. The van der Waals surface area contributed by atoms with Crippen LogP contribution in [0.25, 0.3) is 0 Å². The maximum atomic E-state index is 14.1. The first-order chi connectivity index (χ1) is 10.5. The zero-order valence-corrected chi connectivity index (χ0v) is 12.6. The molecule has 5 heteroatoms. The summed E-state index contributed by atoms with van der Waals surface area (Å²) in [6.07, 6.45) is 0.992. The molecule has 4 nitrogen and oxygen atoms in total. The Labute approximate surface area is 129 Å². The van der Waals surface area contributed by atoms with Crippen molar-refractivity contribution in [3.05, 3.63) is 58.5 Å². The molecule has 1 aromatic carbocycles. The van der Waals surface area contributed by atoms with Crippen molar-refractivity contribution in [1.82, 2.24) is 0 Å². The van der Waals surface area contributed by atoms with Gasteiger partial charge in [-0.15, -0.1) is 0 Å². The lowest BCUT2D eigenvalue weighted by atomic mass is 10.1. The number of carbonyl (C=O) groups is 1. The number of hydrogen-bond donors (Lipinski definition) is 2. The number of ketones is 1. The van der Waals surface area contributed by atoms with Crippen molar-refractivity contribution < 1.29 is 13.9 Å². The number of halogens is 1. The molecule has 0 aliphatic heterocycles. The first-order valence-corrected chi connectivity index (χ1v) is 7.07. The van der Waals surface area contributed by atoms with Gasteiger partial charge in [-0.2, -0.15) is 0 Å². The van der Waals surface area contributed by atoms with Gasteiger partial charge in [0.2, 0.25) is 5.78 Å². The first kappa shape index (κ1) is 15.9. The van der Waals surface area contributed by atoms with E-state index in [1.807, 2.05) is 6.07 Å². The summed E-state index contributed by atoms with van der Waals surface area (Å²) in [5.41, 5.74) is 7.37. The second-order valence-electron chi connectivity index (χ2n) is 5.17. The number of ether oxygens (including phenoxy) is 1. The molecule has 2 rings (SSSR count). The molecule has 0 bridgehead atoms. The predicted molar refractivity (Wildman–Crippen MR) is 83.2 cm³/mol. The largest absolute Gasteiger partial charge is 0.481 e. The Morgan fingerprint density at radius 1 is 1.41 bits per heavy atom. The number of hydrogen-bond acceptors (Lipinski definition) is 4. The summed E-state index contributed by atoms with van der Waals surface area (Å²) < 4.78 is 19.8.